The fourth-order valence-electron chi connectivity index (χ4n) is 1.96. The lowest BCUT2D eigenvalue weighted by molar-refractivity contribution is 0.469. The molecular formula is C11H13N4. The van der Waals surface area contributed by atoms with Crippen LogP contribution in [0.3, 0.4) is 0 Å². The molecule has 1 aromatic carbocycles. The lowest BCUT2D eigenvalue weighted by atomic mass is 10.3. The number of hydrogen-bond donors (Lipinski definition) is 1. The number of piperazine rings is 1. The predicted molar refractivity (Wildman–Crippen MR) is 59.4 cm³/mol. The summed E-state index contributed by atoms with van der Waals surface area (Å²) < 4.78 is 0. The van der Waals surface area contributed by atoms with Gasteiger partial charge < -0.3 is 5.32 Å². The second kappa shape index (κ2) is 3.55. The SMILES string of the molecule is [c]1nn(N2CCNCC2)c2ccccc12. The number of aromatic nitrogens is 2. The van der Waals surface area contributed by atoms with Gasteiger partial charge in [0.05, 0.1) is 5.52 Å². The molecule has 0 spiro atoms. The number of benzene rings is 1. The van der Waals surface area contributed by atoms with Crippen LogP contribution in [-0.4, -0.2) is 36.1 Å². The molecule has 0 saturated carbocycles. The van der Waals surface area contributed by atoms with Crippen LogP contribution in [-0.2, 0) is 0 Å². The second-order valence-electron chi connectivity index (χ2n) is 3.72. The molecule has 1 N–H and O–H groups in total. The first kappa shape index (κ1) is 8.73. The summed E-state index contributed by atoms with van der Waals surface area (Å²) in [6.45, 7) is 4.04. The smallest absolute Gasteiger partial charge is 0.123 e. The summed E-state index contributed by atoms with van der Waals surface area (Å²) in [5.41, 5.74) is 1.14. The van der Waals surface area contributed by atoms with E-state index in [2.05, 4.69) is 27.7 Å². The molecule has 2 aromatic rings. The molecule has 1 aromatic heterocycles. The van der Waals surface area contributed by atoms with Crippen LogP contribution in [0, 0.1) is 6.20 Å². The molecule has 4 heteroatoms. The number of fused-ring (bicyclic) bond motifs is 1. The summed E-state index contributed by atoms with van der Waals surface area (Å²) in [4.78, 5) is 1.97. The zero-order valence-electron chi connectivity index (χ0n) is 8.48. The standard InChI is InChI=1S/C11H13N4/c1-2-4-11-10(3-1)9-13-15(11)14-7-5-12-6-8-14/h1-4,12H,5-8H2. The lowest BCUT2D eigenvalue weighted by Gasteiger charge is -2.29. The molecule has 1 aliphatic rings. The van der Waals surface area contributed by atoms with Gasteiger partial charge >= 0.3 is 0 Å². The van der Waals surface area contributed by atoms with E-state index in [1.54, 1.807) is 0 Å². The molecule has 77 valence electrons. The molecule has 1 fully saturated rings. The van der Waals surface area contributed by atoms with Crippen molar-refractivity contribution < 1.29 is 0 Å². The minimum absolute atomic E-state index is 1.000. The Balaban J connectivity index is 2.02. The van der Waals surface area contributed by atoms with Gasteiger partial charge in [-0.1, -0.05) is 18.2 Å². The molecule has 0 atom stereocenters. The van der Waals surface area contributed by atoms with Crippen molar-refractivity contribution in [3.05, 3.63) is 30.5 Å². The van der Waals surface area contributed by atoms with E-state index in [-0.39, 0.29) is 0 Å². The predicted octanol–water partition coefficient (Wildman–Crippen LogP) is 0.378. The van der Waals surface area contributed by atoms with Crippen molar-refractivity contribution in [1.29, 1.82) is 0 Å². The molecule has 2 heterocycles. The fraction of sp³-hybridized carbons (Fsp3) is 0.364. The highest BCUT2D eigenvalue weighted by atomic mass is 15.7. The van der Waals surface area contributed by atoms with E-state index in [9.17, 15) is 0 Å². The first-order valence-electron chi connectivity index (χ1n) is 5.26. The molecule has 0 amide bonds. The highest BCUT2D eigenvalue weighted by Gasteiger charge is 2.12. The van der Waals surface area contributed by atoms with Crippen molar-refractivity contribution in [3.8, 4) is 0 Å². The molecule has 0 unspecified atom stereocenters. The van der Waals surface area contributed by atoms with Gasteiger partial charge in [0, 0.05) is 31.6 Å². The van der Waals surface area contributed by atoms with Crippen LogP contribution in [0.4, 0.5) is 0 Å². The van der Waals surface area contributed by atoms with Crippen molar-refractivity contribution in [2.45, 2.75) is 0 Å². The van der Waals surface area contributed by atoms with E-state index < -0.39 is 0 Å². The van der Waals surface area contributed by atoms with Gasteiger partial charge in [-0.25, -0.2) is 0 Å². The van der Waals surface area contributed by atoms with Crippen molar-refractivity contribution in [3.63, 3.8) is 0 Å². The molecule has 15 heavy (non-hydrogen) atoms. The van der Waals surface area contributed by atoms with Crippen molar-refractivity contribution in [2.24, 2.45) is 0 Å². The van der Waals surface area contributed by atoms with Gasteiger partial charge in [0.25, 0.3) is 0 Å². The van der Waals surface area contributed by atoms with E-state index in [1.165, 1.54) is 0 Å². The minimum atomic E-state index is 1.000. The van der Waals surface area contributed by atoms with Crippen LogP contribution in [0.15, 0.2) is 24.3 Å². The highest BCUT2D eigenvalue weighted by Crippen LogP contribution is 2.12. The third kappa shape index (κ3) is 1.47. The number of hydrogen-bond acceptors (Lipinski definition) is 3. The highest BCUT2D eigenvalue weighted by molar-refractivity contribution is 5.78. The number of rotatable bonds is 1. The van der Waals surface area contributed by atoms with Crippen LogP contribution in [0.5, 0.6) is 0 Å². The number of para-hydroxylation sites is 1. The zero-order valence-corrected chi connectivity index (χ0v) is 8.48. The van der Waals surface area contributed by atoms with E-state index in [1.807, 2.05) is 23.0 Å². The van der Waals surface area contributed by atoms with Gasteiger partial charge in [0.2, 0.25) is 0 Å². The average molecular weight is 201 g/mol. The largest absolute Gasteiger partial charge is 0.313 e. The third-order valence-corrected chi connectivity index (χ3v) is 2.75. The Hall–Kier alpha value is -1.55. The summed E-state index contributed by atoms with van der Waals surface area (Å²) in [6.07, 6.45) is 3.04. The molecule has 3 rings (SSSR count). The topological polar surface area (TPSA) is 33.1 Å². The van der Waals surface area contributed by atoms with Gasteiger partial charge in [-0.2, -0.15) is 4.79 Å². The molecule has 1 aliphatic heterocycles. The second-order valence-corrected chi connectivity index (χ2v) is 3.72. The Bertz CT molecular complexity index is 456. The maximum atomic E-state index is 4.31. The van der Waals surface area contributed by atoms with E-state index in [4.69, 9.17) is 0 Å². The summed E-state index contributed by atoms with van der Waals surface area (Å²) in [5.74, 6) is 0. The number of nitrogens with one attached hydrogen (secondary N) is 1. The lowest BCUT2D eigenvalue weighted by Crippen LogP contribution is -2.49. The van der Waals surface area contributed by atoms with Crippen molar-refractivity contribution in [1.82, 2.24) is 15.2 Å². The van der Waals surface area contributed by atoms with Crippen LogP contribution in [0.1, 0.15) is 0 Å². The van der Waals surface area contributed by atoms with Crippen LogP contribution >= 0.6 is 0 Å². The first-order chi connectivity index (χ1) is 7.45. The van der Waals surface area contributed by atoms with Gasteiger partial charge in [0.1, 0.15) is 6.20 Å². The maximum absolute atomic E-state index is 4.31. The molecule has 1 saturated heterocycles. The van der Waals surface area contributed by atoms with Gasteiger partial charge in [0.15, 0.2) is 0 Å². The normalized spacial score (nSPS) is 17.2. The summed E-state index contributed by atoms with van der Waals surface area (Å²) in [7, 11) is 0. The summed E-state index contributed by atoms with van der Waals surface area (Å²) in [6, 6.07) is 8.18. The molecule has 1 radical (unpaired) electrons. The molecule has 0 bridgehead atoms. The van der Waals surface area contributed by atoms with Gasteiger partial charge in [-0.3, -0.25) is 5.01 Å². The maximum Gasteiger partial charge on any atom is 0.123 e. The average Bonchev–Trinajstić information content (AvgIpc) is 2.74. The van der Waals surface area contributed by atoms with E-state index in [0.717, 1.165) is 37.1 Å². The Labute approximate surface area is 88.5 Å². The first-order valence-corrected chi connectivity index (χ1v) is 5.26. The Morgan fingerprint density at radius 2 is 2.00 bits per heavy atom. The van der Waals surface area contributed by atoms with E-state index >= 15 is 0 Å². The van der Waals surface area contributed by atoms with Gasteiger partial charge in [-0.15, -0.1) is 5.10 Å². The van der Waals surface area contributed by atoms with Crippen LogP contribution < -0.4 is 10.3 Å². The van der Waals surface area contributed by atoms with Crippen molar-refractivity contribution in [2.75, 3.05) is 31.2 Å². The van der Waals surface area contributed by atoms with Crippen molar-refractivity contribution >= 4 is 10.9 Å². The molecule has 0 aliphatic carbocycles. The quantitative estimate of drug-likeness (QED) is 0.724. The van der Waals surface area contributed by atoms with Crippen LogP contribution in [0.2, 0.25) is 0 Å². The fourth-order valence-corrected chi connectivity index (χ4v) is 1.96. The summed E-state index contributed by atoms with van der Waals surface area (Å²) in [5, 5.41) is 11.0. The molecular weight excluding hydrogens is 188 g/mol. The number of nitrogens with zero attached hydrogens (tertiary/aromatic N) is 3. The molecule has 4 nitrogen and oxygen atoms in total. The van der Waals surface area contributed by atoms with Gasteiger partial charge in [-0.05, 0) is 6.07 Å². The Morgan fingerprint density at radius 3 is 2.87 bits per heavy atom. The van der Waals surface area contributed by atoms with Crippen LogP contribution in [0.25, 0.3) is 10.9 Å². The van der Waals surface area contributed by atoms with E-state index in [0.29, 0.717) is 0 Å². The Kier molecular flexibility index (Phi) is 2.07. The Morgan fingerprint density at radius 1 is 1.20 bits per heavy atom. The third-order valence-electron chi connectivity index (χ3n) is 2.75. The monoisotopic (exact) mass is 201 g/mol. The minimum Gasteiger partial charge on any atom is -0.313 e. The summed E-state index contributed by atoms with van der Waals surface area (Å²) >= 11 is 0. The zero-order chi connectivity index (χ0) is 10.1.